The van der Waals surface area contributed by atoms with Gasteiger partial charge in [0.2, 0.25) is 5.91 Å². The minimum absolute atomic E-state index is 0.0632. The Hall–Kier alpha value is -4.85. The maximum Gasteiger partial charge on any atom is 0.412 e. The van der Waals surface area contributed by atoms with Crippen LogP contribution < -0.4 is 27.2 Å². The molecule has 0 saturated carbocycles. The first-order valence-electron chi connectivity index (χ1n) is 12.4. The highest BCUT2D eigenvalue weighted by Gasteiger charge is 2.19. The molecule has 0 aliphatic heterocycles. The molecule has 1 heterocycles. The van der Waals surface area contributed by atoms with Gasteiger partial charge in [-0.15, -0.1) is 0 Å². The lowest BCUT2D eigenvalue weighted by Crippen LogP contribution is -2.35. The van der Waals surface area contributed by atoms with Crippen molar-refractivity contribution in [1.82, 2.24) is 14.9 Å². The molecular weight excluding hydrogens is 498 g/mol. The predicted molar refractivity (Wildman–Crippen MR) is 150 cm³/mol. The zero-order valence-corrected chi connectivity index (χ0v) is 22.7. The van der Waals surface area contributed by atoms with Gasteiger partial charge >= 0.3 is 6.09 Å². The second-order valence-corrected chi connectivity index (χ2v) is 10.2. The van der Waals surface area contributed by atoms with Crippen LogP contribution in [0.4, 0.5) is 22.0 Å². The molecule has 11 heteroatoms. The third-order valence-electron chi connectivity index (χ3n) is 5.25. The highest BCUT2D eigenvalue weighted by atomic mass is 16.6. The molecule has 0 radical (unpaired) electrons. The lowest BCUT2D eigenvalue weighted by molar-refractivity contribution is -0.121. The van der Waals surface area contributed by atoms with Crippen LogP contribution in [-0.2, 0) is 22.6 Å². The zero-order valence-electron chi connectivity index (χ0n) is 22.7. The van der Waals surface area contributed by atoms with E-state index in [2.05, 4.69) is 27.0 Å². The van der Waals surface area contributed by atoms with Crippen LogP contribution in [0, 0.1) is 11.3 Å². The van der Waals surface area contributed by atoms with E-state index in [0.717, 1.165) is 5.56 Å². The minimum atomic E-state index is -0.692. The average Bonchev–Trinajstić information content (AvgIpc) is 2.83. The molecule has 1 aromatic heterocycles. The van der Waals surface area contributed by atoms with E-state index in [9.17, 15) is 14.4 Å². The first-order valence-corrected chi connectivity index (χ1v) is 12.4. The van der Waals surface area contributed by atoms with E-state index in [1.165, 1.54) is 10.8 Å². The summed E-state index contributed by atoms with van der Waals surface area (Å²) >= 11 is 0. The second-order valence-electron chi connectivity index (χ2n) is 10.2. The van der Waals surface area contributed by atoms with E-state index < -0.39 is 23.2 Å². The number of nitrogens with zero attached hydrogens (tertiary/aromatic N) is 3. The zero-order chi connectivity index (χ0) is 28.7. The maximum absolute atomic E-state index is 13.4. The highest BCUT2D eigenvalue weighted by Crippen LogP contribution is 2.26. The van der Waals surface area contributed by atoms with Gasteiger partial charge in [-0.3, -0.25) is 19.5 Å². The summed E-state index contributed by atoms with van der Waals surface area (Å²) in [5.74, 6) is -0.301. The summed E-state index contributed by atoms with van der Waals surface area (Å²) < 4.78 is 6.62. The number of amides is 2. The number of hydrogen-bond donors (Lipinski definition) is 4. The summed E-state index contributed by atoms with van der Waals surface area (Å²) in [7, 11) is 0. The summed E-state index contributed by atoms with van der Waals surface area (Å²) in [6.07, 6.45) is 0.819. The van der Waals surface area contributed by atoms with Crippen molar-refractivity contribution in [3.05, 3.63) is 70.1 Å². The fourth-order valence-corrected chi connectivity index (χ4v) is 3.64. The molecule has 5 N–H and O–H groups in total. The summed E-state index contributed by atoms with van der Waals surface area (Å²) in [4.78, 5) is 42.9. The lowest BCUT2D eigenvalue weighted by Gasteiger charge is -2.20. The molecule has 2 aromatic carbocycles. The predicted octanol–water partition coefficient (Wildman–Crippen LogP) is 3.85. The second kappa shape index (κ2) is 12.1. The number of anilines is 3. The summed E-state index contributed by atoms with van der Waals surface area (Å²) in [6, 6.07) is 13.6. The molecule has 0 atom stereocenters. The Balaban J connectivity index is 1.92. The molecule has 0 aliphatic carbocycles. The van der Waals surface area contributed by atoms with Crippen molar-refractivity contribution in [3.63, 3.8) is 0 Å². The van der Waals surface area contributed by atoms with Crippen molar-refractivity contribution in [2.45, 2.75) is 59.4 Å². The molecule has 11 nitrogen and oxygen atoms in total. The highest BCUT2D eigenvalue weighted by molar-refractivity contribution is 5.87. The number of aromatic nitrogens is 2. The summed E-state index contributed by atoms with van der Waals surface area (Å²) in [5, 5.41) is 17.4. The number of carbonyl (C=O) groups excluding carboxylic acids is 2. The summed E-state index contributed by atoms with van der Waals surface area (Å²) in [5.41, 5.74) is 7.74. The number of nitrogen functional groups attached to an aromatic ring is 1. The van der Waals surface area contributed by atoms with Crippen LogP contribution in [0.3, 0.4) is 0 Å². The van der Waals surface area contributed by atoms with Gasteiger partial charge in [-0.05, 0) is 70.5 Å². The number of carbonyl (C=O) groups is 2. The fraction of sp³-hybridized carbons (Fsp3) is 0.321. The Kier molecular flexibility index (Phi) is 8.93. The molecule has 0 unspecified atom stereocenters. The van der Waals surface area contributed by atoms with Crippen molar-refractivity contribution in [3.8, 4) is 17.3 Å². The summed E-state index contributed by atoms with van der Waals surface area (Å²) in [6.45, 7) is 8.93. The minimum Gasteiger partial charge on any atom is -0.444 e. The van der Waals surface area contributed by atoms with Crippen molar-refractivity contribution in [1.29, 1.82) is 5.26 Å². The first kappa shape index (κ1) is 28.7. The quantitative estimate of drug-likeness (QED) is 0.318. The number of ether oxygens (including phenoxy) is 1. The van der Waals surface area contributed by atoms with E-state index in [1.807, 2.05) is 13.8 Å². The van der Waals surface area contributed by atoms with Crippen LogP contribution in [0.2, 0.25) is 0 Å². The Labute approximate surface area is 227 Å². The van der Waals surface area contributed by atoms with Gasteiger partial charge in [-0.1, -0.05) is 12.1 Å². The Bertz CT molecular complexity index is 1450. The number of nitriles is 1. The molecule has 2 amide bonds. The molecule has 0 saturated heterocycles. The molecule has 0 bridgehead atoms. The van der Waals surface area contributed by atoms with E-state index in [4.69, 9.17) is 15.7 Å². The monoisotopic (exact) mass is 531 g/mol. The Morgan fingerprint density at radius 3 is 2.46 bits per heavy atom. The van der Waals surface area contributed by atoms with Gasteiger partial charge in [-0.2, -0.15) is 5.26 Å². The molecule has 204 valence electrons. The van der Waals surface area contributed by atoms with Gasteiger partial charge in [0.1, 0.15) is 12.1 Å². The van der Waals surface area contributed by atoms with Crippen molar-refractivity contribution in [2.75, 3.05) is 16.4 Å². The van der Waals surface area contributed by atoms with E-state index in [-0.39, 0.29) is 24.9 Å². The largest absolute Gasteiger partial charge is 0.444 e. The van der Waals surface area contributed by atoms with E-state index >= 15 is 0 Å². The fourth-order valence-electron chi connectivity index (χ4n) is 3.64. The van der Waals surface area contributed by atoms with Gasteiger partial charge < -0.3 is 21.1 Å². The molecule has 39 heavy (non-hydrogen) atoms. The average molecular weight is 532 g/mol. The number of nitrogens with one attached hydrogen (secondary N) is 3. The van der Waals surface area contributed by atoms with Crippen molar-refractivity contribution >= 4 is 29.2 Å². The van der Waals surface area contributed by atoms with Gasteiger partial charge in [0.05, 0.1) is 23.5 Å². The van der Waals surface area contributed by atoms with Gasteiger partial charge in [-0.25, -0.2) is 9.78 Å². The number of hydrogen-bond acceptors (Lipinski definition) is 8. The topological polar surface area (TPSA) is 164 Å². The van der Waals surface area contributed by atoms with Crippen LogP contribution in [0.15, 0.2) is 53.5 Å². The molecule has 0 aliphatic rings. The van der Waals surface area contributed by atoms with Crippen molar-refractivity contribution < 1.29 is 14.3 Å². The van der Waals surface area contributed by atoms with Gasteiger partial charge in [0.15, 0.2) is 5.82 Å². The van der Waals surface area contributed by atoms with Crippen LogP contribution in [-0.4, -0.2) is 33.2 Å². The van der Waals surface area contributed by atoms with Gasteiger partial charge in [0, 0.05) is 29.5 Å². The molecule has 0 spiro atoms. The molecule has 3 rings (SSSR count). The molecule has 3 aromatic rings. The maximum atomic E-state index is 13.4. The third kappa shape index (κ3) is 8.33. The van der Waals surface area contributed by atoms with Crippen LogP contribution in [0.5, 0.6) is 0 Å². The Morgan fingerprint density at radius 2 is 1.85 bits per heavy atom. The first-order chi connectivity index (χ1) is 18.3. The Morgan fingerprint density at radius 1 is 1.15 bits per heavy atom. The van der Waals surface area contributed by atoms with E-state index in [1.54, 1.807) is 63.2 Å². The van der Waals surface area contributed by atoms with Gasteiger partial charge in [0.25, 0.3) is 5.56 Å². The SMILES string of the molecule is CC(C)Nc1ncc(-c2cc(N)cc(NC(=O)OC(C)(C)C)c2)n(CC(=O)NCc2ccc(C#N)cc2)c1=O. The standard InChI is InChI=1S/C28H33N7O4/c1-17(2)33-25-26(37)35(16-24(36)31-14-19-8-6-18(13-29)7-9-19)23(15-32-25)20-10-21(30)12-22(11-20)34-27(38)39-28(3,4)5/h6-12,15,17H,14,16,30H2,1-5H3,(H,31,36)(H,32,33)(H,34,38). The number of nitrogens with two attached hydrogens (primary N) is 1. The lowest BCUT2D eigenvalue weighted by atomic mass is 10.1. The van der Waals surface area contributed by atoms with Crippen molar-refractivity contribution in [2.24, 2.45) is 0 Å². The normalized spacial score (nSPS) is 11.0. The number of benzene rings is 2. The third-order valence-corrected chi connectivity index (χ3v) is 5.25. The number of rotatable bonds is 8. The van der Waals surface area contributed by atoms with Crippen LogP contribution in [0.25, 0.3) is 11.3 Å². The molecule has 0 fully saturated rings. The van der Waals surface area contributed by atoms with Crippen LogP contribution in [0.1, 0.15) is 45.7 Å². The molecular formula is C28H33N7O4. The smallest absolute Gasteiger partial charge is 0.412 e. The van der Waals surface area contributed by atoms with E-state index in [0.29, 0.717) is 28.2 Å². The van der Waals surface area contributed by atoms with Crippen LogP contribution >= 0.6 is 0 Å².